The van der Waals surface area contributed by atoms with E-state index in [1.165, 1.54) is 10.7 Å². The Labute approximate surface area is 150 Å². The summed E-state index contributed by atoms with van der Waals surface area (Å²) < 4.78 is 1.32. The third kappa shape index (κ3) is 3.03. The largest absolute Gasteiger partial charge is 0.353 e. The normalized spacial score (nSPS) is 16.8. The molecule has 2 aromatic heterocycles. The molecule has 0 saturated carbocycles. The first kappa shape index (κ1) is 16.3. The summed E-state index contributed by atoms with van der Waals surface area (Å²) in [7, 11) is 1.63. The van der Waals surface area contributed by atoms with Gasteiger partial charge in [0.15, 0.2) is 0 Å². The minimum absolute atomic E-state index is 0.0160. The van der Waals surface area contributed by atoms with Gasteiger partial charge in [0.2, 0.25) is 0 Å². The molecule has 26 heavy (non-hydrogen) atoms. The van der Waals surface area contributed by atoms with Crippen LogP contribution in [0.25, 0.3) is 10.8 Å². The fourth-order valence-corrected chi connectivity index (χ4v) is 3.30. The fraction of sp³-hybridized carbons (Fsp3) is 0.263. The second-order valence-electron chi connectivity index (χ2n) is 6.44. The van der Waals surface area contributed by atoms with Gasteiger partial charge in [-0.15, -0.1) is 0 Å². The van der Waals surface area contributed by atoms with Crippen molar-refractivity contribution >= 4 is 22.5 Å². The molecule has 1 saturated heterocycles. The van der Waals surface area contributed by atoms with Gasteiger partial charge in [-0.05, 0) is 23.9 Å². The van der Waals surface area contributed by atoms with E-state index >= 15 is 0 Å². The number of aryl methyl sites for hydroxylation is 1. The number of nitrogens with one attached hydrogen (secondary N) is 1. The molecule has 1 aromatic carbocycles. The maximum atomic E-state index is 12.7. The van der Waals surface area contributed by atoms with Crippen LogP contribution in [0.15, 0.2) is 53.5 Å². The van der Waals surface area contributed by atoms with Gasteiger partial charge in [0.1, 0.15) is 11.5 Å². The molecule has 1 atom stereocenters. The Morgan fingerprint density at radius 1 is 1.19 bits per heavy atom. The van der Waals surface area contributed by atoms with Crippen molar-refractivity contribution in [3.63, 3.8) is 0 Å². The standard InChI is InChI=1S/C19H19N5O2/c1-23-17(25)7-6-16(22-23)24-11-9-14(12-24)21-19(26)18-15-5-3-2-4-13(15)8-10-20-18/h2-8,10,14H,9,11-12H2,1H3,(H,21,26). The molecule has 0 radical (unpaired) electrons. The Hall–Kier alpha value is -3.22. The lowest BCUT2D eigenvalue weighted by molar-refractivity contribution is 0.0937. The highest BCUT2D eigenvalue weighted by Gasteiger charge is 2.26. The quantitative estimate of drug-likeness (QED) is 0.772. The zero-order chi connectivity index (χ0) is 18.1. The molecule has 7 heteroatoms. The van der Waals surface area contributed by atoms with E-state index in [0.29, 0.717) is 12.2 Å². The number of anilines is 1. The van der Waals surface area contributed by atoms with Gasteiger partial charge in [0.05, 0.1) is 0 Å². The van der Waals surface area contributed by atoms with Crippen molar-refractivity contribution in [1.82, 2.24) is 20.1 Å². The maximum absolute atomic E-state index is 12.7. The summed E-state index contributed by atoms with van der Waals surface area (Å²) in [5.74, 6) is 0.578. The Balaban J connectivity index is 1.49. The van der Waals surface area contributed by atoms with Crippen molar-refractivity contribution in [1.29, 1.82) is 0 Å². The molecule has 7 nitrogen and oxygen atoms in total. The molecule has 4 rings (SSSR count). The van der Waals surface area contributed by atoms with E-state index in [4.69, 9.17) is 0 Å². The van der Waals surface area contributed by atoms with E-state index < -0.39 is 0 Å². The lowest BCUT2D eigenvalue weighted by Gasteiger charge is -2.18. The van der Waals surface area contributed by atoms with Crippen molar-refractivity contribution in [3.8, 4) is 0 Å². The van der Waals surface area contributed by atoms with Crippen molar-refractivity contribution in [2.24, 2.45) is 7.05 Å². The third-order valence-corrected chi connectivity index (χ3v) is 4.68. The summed E-state index contributed by atoms with van der Waals surface area (Å²) in [6.45, 7) is 1.43. The summed E-state index contributed by atoms with van der Waals surface area (Å²) in [5, 5.41) is 9.19. The monoisotopic (exact) mass is 349 g/mol. The number of pyridine rings is 1. The van der Waals surface area contributed by atoms with Crippen molar-refractivity contribution in [2.75, 3.05) is 18.0 Å². The smallest absolute Gasteiger partial charge is 0.270 e. The SMILES string of the molecule is Cn1nc(N2CCC(NC(=O)c3nccc4ccccc34)C2)ccc1=O. The second-order valence-corrected chi connectivity index (χ2v) is 6.44. The highest BCUT2D eigenvalue weighted by molar-refractivity contribution is 6.05. The number of benzene rings is 1. The summed E-state index contributed by atoms with van der Waals surface area (Å²) in [4.78, 5) is 30.5. The van der Waals surface area contributed by atoms with Crippen molar-refractivity contribution < 1.29 is 4.79 Å². The van der Waals surface area contributed by atoms with Gasteiger partial charge in [-0.3, -0.25) is 14.6 Å². The lowest BCUT2D eigenvalue weighted by Crippen LogP contribution is -2.38. The van der Waals surface area contributed by atoms with E-state index in [9.17, 15) is 9.59 Å². The lowest BCUT2D eigenvalue weighted by atomic mass is 10.1. The number of aromatic nitrogens is 3. The van der Waals surface area contributed by atoms with Crippen LogP contribution in [0.3, 0.4) is 0 Å². The van der Waals surface area contributed by atoms with Crippen LogP contribution in [0, 0.1) is 0 Å². The molecule has 0 spiro atoms. The highest BCUT2D eigenvalue weighted by atomic mass is 16.2. The number of carbonyl (C=O) groups is 1. The number of hydrogen-bond donors (Lipinski definition) is 1. The molecular formula is C19H19N5O2. The molecule has 1 fully saturated rings. The Kier molecular flexibility index (Phi) is 4.12. The van der Waals surface area contributed by atoms with Crippen LogP contribution in [0.2, 0.25) is 0 Å². The van der Waals surface area contributed by atoms with E-state index in [0.717, 1.165) is 29.6 Å². The first-order chi connectivity index (χ1) is 12.6. The van der Waals surface area contributed by atoms with Gasteiger partial charge >= 0.3 is 0 Å². The summed E-state index contributed by atoms with van der Waals surface area (Å²) in [5.41, 5.74) is 0.307. The highest BCUT2D eigenvalue weighted by Crippen LogP contribution is 2.19. The van der Waals surface area contributed by atoms with Crippen LogP contribution in [0.1, 0.15) is 16.9 Å². The average Bonchev–Trinajstić information content (AvgIpc) is 3.12. The predicted octanol–water partition coefficient (Wildman–Crippen LogP) is 1.34. The molecule has 132 valence electrons. The molecule has 3 heterocycles. The number of nitrogens with zero attached hydrogens (tertiary/aromatic N) is 4. The Morgan fingerprint density at radius 2 is 2.04 bits per heavy atom. The first-order valence-electron chi connectivity index (χ1n) is 8.56. The molecular weight excluding hydrogens is 330 g/mol. The molecule has 1 N–H and O–H groups in total. The summed E-state index contributed by atoms with van der Waals surface area (Å²) in [6, 6.07) is 12.9. The molecule has 1 aliphatic heterocycles. The van der Waals surface area contributed by atoms with Gasteiger partial charge in [-0.25, -0.2) is 4.68 Å². The number of rotatable bonds is 3. The van der Waals surface area contributed by atoms with Gasteiger partial charge < -0.3 is 10.2 Å². The minimum Gasteiger partial charge on any atom is -0.353 e. The van der Waals surface area contributed by atoms with Gasteiger partial charge in [-0.1, -0.05) is 24.3 Å². The van der Waals surface area contributed by atoms with E-state index in [1.54, 1.807) is 19.3 Å². The van der Waals surface area contributed by atoms with Crippen LogP contribution in [-0.4, -0.2) is 39.8 Å². The number of carbonyl (C=O) groups excluding carboxylic acids is 1. The van der Waals surface area contributed by atoms with Gasteiger partial charge in [0.25, 0.3) is 11.5 Å². The topological polar surface area (TPSA) is 80.1 Å². The fourth-order valence-electron chi connectivity index (χ4n) is 3.30. The number of hydrogen-bond acceptors (Lipinski definition) is 5. The third-order valence-electron chi connectivity index (χ3n) is 4.68. The zero-order valence-corrected chi connectivity index (χ0v) is 14.4. The minimum atomic E-state index is -0.165. The molecule has 0 aliphatic carbocycles. The van der Waals surface area contributed by atoms with Crippen molar-refractivity contribution in [3.05, 3.63) is 64.7 Å². The maximum Gasteiger partial charge on any atom is 0.270 e. The number of fused-ring (bicyclic) bond motifs is 1. The van der Waals surface area contributed by atoms with E-state index in [1.807, 2.05) is 30.3 Å². The van der Waals surface area contributed by atoms with Crippen LogP contribution in [0.4, 0.5) is 5.82 Å². The van der Waals surface area contributed by atoms with Crippen LogP contribution < -0.4 is 15.8 Å². The first-order valence-corrected chi connectivity index (χ1v) is 8.56. The second kappa shape index (κ2) is 6.59. The molecule has 1 amide bonds. The summed E-state index contributed by atoms with van der Waals surface area (Å²) >= 11 is 0. The van der Waals surface area contributed by atoms with Crippen LogP contribution >= 0.6 is 0 Å². The summed E-state index contributed by atoms with van der Waals surface area (Å²) in [6.07, 6.45) is 2.48. The van der Waals surface area contributed by atoms with Crippen LogP contribution in [0.5, 0.6) is 0 Å². The van der Waals surface area contributed by atoms with Crippen LogP contribution in [-0.2, 0) is 7.05 Å². The van der Waals surface area contributed by atoms with E-state index in [-0.39, 0.29) is 17.5 Å². The molecule has 0 bridgehead atoms. The average molecular weight is 349 g/mol. The van der Waals surface area contributed by atoms with Gasteiger partial charge in [-0.2, -0.15) is 5.10 Å². The van der Waals surface area contributed by atoms with E-state index in [2.05, 4.69) is 20.3 Å². The van der Waals surface area contributed by atoms with Crippen molar-refractivity contribution in [2.45, 2.75) is 12.5 Å². The molecule has 1 unspecified atom stereocenters. The molecule has 1 aliphatic rings. The number of amides is 1. The predicted molar refractivity (Wildman–Crippen MR) is 99.3 cm³/mol. The van der Waals surface area contributed by atoms with Gasteiger partial charge in [0, 0.05) is 43.8 Å². The Morgan fingerprint density at radius 3 is 2.88 bits per heavy atom. The zero-order valence-electron chi connectivity index (χ0n) is 14.4. The Bertz CT molecular complexity index is 1020. The molecule has 3 aromatic rings.